The van der Waals surface area contributed by atoms with Gasteiger partial charge in [0.05, 0.1) is 6.61 Å². The van der Waals surface area contributed by atoms with Crippen molar-refractivity contribution in [1.29, 1.82) is 0 Å². The average molecular weight is 390 g/mol. The zero-order valence-corrected chi connectivity index (χ0v) is 16.9. The van der Waals surface area contributed by atoms with Crippen molar-refractivity contribution >= 4 is 22.6 Å². The molecule has 0 aliphatic heterocycles. The van der Waals surface area contributed by atoms with Crippen molar-refractivity contribution in [2.75, 3.05) is 20.2 Å². The van der Waals surface area contributed by atoms with Gasteiger partial charge in [0.1, 0.15) is 5.75 Å². The lowest BCUT2D eigenvalue weighted by molar-refractivity contribution is -0.130. The molecule has 0 heterocycles. The molecular formula is C24H26N2O3. The standard InChI is InChI=1S/C24H26N2O3/c1-3-29-22-12-8-18(9-13-22)17-26(2)23(27)14-15-25-24(28)21-11-10-19-6-4-5-7-20(19)16-21/h4-13,16H,3,14-15,17H2,1-2H3,(H,25,28). The van der Waals surface area contributed by atoms with E-state index in [1.54, 1.807) is 18.0 Å². The van der Waals surface area contributed by atoms with Gasteiger partial charge in [-0.1, -0.05) is 42.5 Å². The molecule has 0 spiro atoms. The molecule has 0 aliphatic carbocycles. The topological polar surface area (TPSA) is 58.6 Å². The van der Waals surface area contributed by atoms with Gasteiger partial charge in [0.2, 0.25) is 5.91 Å². The Balaban J connectivity index is 1.47. The summed E-state index contributed by atoms with van der Waals surface area (Å²) in [5, 5.41) is 4.94. The highest BCUT2D eigenvalue weighted by Gasteiger charge is 2.11. The van der Waals surface area contributed by atoms with Crippen molar-refractivity contribution in [1.82, 2.24) is 10.2 Å². The summed E-state index contributed by atoms with van der Waals surface area (Å²) >= 11 is 0. The Morgan fingerprint density at radius 1 is 0.966 bits per heavy atom. The number of benzene rings is 3. The van der Waals surface area contributed by atoms with E-state index in [1.165, 1.54) is 0 Å². The molecule has 0 unspecified atom stereocenters. The normalized spacial score (nSPS) is 10.6. The van der Waals surface area contributed by atoms with Crippen molar-refractivity contribution in [2.24, 2.45) is 0 Å². The number of amides is 2. The second-order valence-corrected chi connectivity index (χ2v) is 6.89. The fourth-order valence-electron chi connectivity index (χ4n) is 3.13. The summed E-state index contributed by atoms with van der Waals surface area (Å²) < 4.78 is 5.43. The number of hydrogen-bond acceptors (Lipinski definition) is 3. The first-order valence-electron chi connectivity index (χ1n) is 9.79. The Bertz CT molecular complexity index is 983. The van der Waals surface area contributed by atoms with Crippen molar-refractivity contribution in [2.45, 2.75) is 19.9 Å². The van der Waals surface area contributed by atoms with Crippen LogP contribution in [-0.4, -0.2) is 36.9 Å². The van der Waals surface area contributed by atoms with Crippen LogP contribution in [-0.2, 0) is 11.3 Å². The first kappa shape index (κ1) is 20.4. The molecule has 3 aromatic carbocycles. The molecule has 29 heavy (non-hydrogen) atoms. The van der Waals surface area contributed by atoms with Crippen LogP contribution in [0.5, 0.6) is 5.75 Å². The van der Waals surface area contributed by atoms with Crippen LogP contribution in [0.15, 0.2) is 66.7 Å². The lowest BCUT2D eigenvalue weighted by atomic mass is 10.1. The summed E-state index contributed by atoms with van der Waals surface area (Å²) in [5.74, 6) is 0.636. The van der Waals surface area contributed by atoms with Crippen molar-refractivity contribution < 1.29 is 14.3 Å². The van der Waals surface area contributed by atoms with Gasteiger partial charge < -0.3 is 15.0 Å². The molecule has 0 radical (unpaired) electrons. The van der Waals surface area contributed by atoms with Gasteiger partial charge in [-0.15, -0.1) is 0 Å². The maximum atomic E-state index is 12.4. The van der Waals surface area contributed by atoms with Crippen LogP contribution in [0.4, 0.5) is 0 Å². The molecule has 0 bridgehead atoms. The minimum absolute atomic E-state index is 0.0160. The summed E-state index contributed by atoms with van der Waals surface area (Å²) in [5.41, 5.74) is 1.63. The zero-order valence-electron chi connectivity index (χ0n) is 16.9. The summed E-state index contributed by atoms with van der Waals surface area (Å²) in [6.07, 6.45) is 0.257. The summed E-state index contributed by atoms with van der Waals surface area (Å²) in [6, 6.07) is 21.2. The van der Waals surface area contributed by atoms with E-state index in [0.29, 0.717) is 25.3 Å². The summed E-state index contributed by atoms with van der Waals surface area (Å²) in [7, 11) is 1.77. The number of carbonyl (C=O) groups excluding carboxylic acids is 2. The SMILES string of the molecule is CCOc1ccc(CN(C)C(=O)CCNC(=O)c2ccc3ccccc3c2)cc1. The molecule has 1 N–H and O–H groups in total. The highest BCUT2D eigenvalue weighted by molar-refractivity contribution is 5.98. The molecule has 150 valence electrons. The fraction of sp³-hybridized carbons (Fsp3) is 0.250. The van der Waals surface area contributed by atoms with Gasteiger partial charge in [-0.2, -0.15) is 0 Å². The molecular weight excluding hydrogens is 364 g/mol. The molecule has 0 saturated carbocycles. The molecule has 5 heteroatoms. The molecule has 0 atom stereocenters. The van der Waals surface area contributed by atoms with Gasteiger partial charge >= 0.3 is 0 Å². The maximum absolute atomic E-state index is 12.4. The Hall–Kier alpha value is -3.34. The lowest BCUT2D eigenvalue weighted by Gasteiger charge is -2.18. The minimum Gasteiger partial charge on any atom is -0.494 e. The van der Waals surface area contributed by atoms with Gasteiger partial charge in [0.15, 0.2) is 0 Å². The van der Waals surface area contributed by atoms with Crippen molar-refractivity contribution in [3.8, 4) is 5.75 Å². The first-order valence-corrected chi connectivity index (χ1v) is 9.79. The number of carbonyl (C=O) groups is 2. The maximum Gasteiger partial charge on any atom is 0.251 e. The third-order valence-corrected chi connectivity index (χ3v) is 4.72. The molecule has 0 aliphatic rings. The molecule has 5 nitrogen and oxygen atoms in total. The van der Waals surface area contributed by atoms with E-state index >= 15 is 0 Å². The van der Waals surface area contributed by atoms with Gasteiger partial charge in [-0.3, -0.25) is 9.59 Å². The van der Waals surface area contributed by atoms with Crippen LogP contribution in [0.3, 0.4) is 0 Å². The number of ether oxygens (including phenoxy) is 1. The third kappa shape index (κ3) is 5.57. The van der Waals surface area contributed by atoms with Crippen LogP contribution < -0.4 is 10.1 Å². The number of fused-ring (bicyclic) bond motifs is 1. The van der Waals surface area contributed by atoms with E-state index in [2.05, 4.69) is 5.32 Å². The van der Waals surface area contributed by atoms with Gasteiger partial charge in [-0.25, -0.2) is 0 Å². The minimum atomic E-state index is -0.169. The third-order valence-electron chi connectivity index (χ3n) is 4.72. The van der Waals surface area contributed by atoms with E-state index < -0.39 is 0 Å². The smallest absolute Gasteiger partial charge is 0.251 e. The summed E-state index contributed by atoms with van der Waals surface area (Å²) in [4.78, 5) is 26.4. The number of nitrogens with one attached hydrogen (secondary N) is 1. The predicted octanol–water partition coefficient (Wildman–Crippen LogP) is 4.02. The zero-order chi connectivity index (χ0) is 20.6. The quantitative estimate of drug-likeness (QED) is 0.632. The Kier molecular flexibility index (Phi) is 6.85. The Morgan fingerprint density at radius 3 is 2.41 bits per heavy atom. The second kappa shape index (κ2) is 9.73. The van der Waals surface area contributed by atoms with Gasteiger partial charge in [-0.05, 0) is 47.5 Å². The van der Waals surface area contributed by atoms with Crippen molar-refractivity contribution in [3.05, 3.63) is 77.9 Å². The van der Waals surface area contributed by atoms with Gasteiger partial charge in [0, 0.05) is 32.1 Å². The molecule has 0 saturated heterocycles. The van der Waals surface area contributed by atoms with Crippen molar-refractivity contribution in [3.63, 3.8) is 0 Å². The molecule has 3 aromatic rings. The van der Waals surface area contributed by atoms with E-state index in [-0.39, 0.29) is 18.2 Å². The average Bonchev–Trinajstić information content (AvgIpc) is 2.74. The largest absolute Gasteiger partial charge is 0.494 e. The van der Waals surface area contributed by atoms with E-state index in [1.807, 2.05) is 67.6 Å². The van der Waals surface area contributed by atoms with E-state index in [0.717, 1.165) is 22.1 Å². The second-order valence-electron chi connectivity index (χ2n) is 6.89. The predicted molar refractivity (Wildman–Crippen MR) is 115 cm³/mol. The highest BCUT2D eigenvalue weighted by Crippen LogP contribution is 2.16. The molecule has 2 amide bonds. The van der Waals surface area contributed by atoms with Crippen LogP contribution in [0.25, 0.3) is 10.8 Å². The Morgan fingerprint density at radius 2 is 1.69 bits per heavy atom. The van der Waals surface area contributed by atoms with Crippen LogP contribution in [0.1, 0.15) is 29.3 Å². The Labute approximate surface area is 171 Å². The monoisotopic (exact) mass is 390 g/mol. The molecule has 0 aromatic heterocycles. The van der Waals surface area contributed by atoms with Crippen LogP contribution in [0.2, 0.25) is 0 Å². The highest BCUT2D eigenvalue weighted by atomic mass is 16.5. The number of hydrogen-bond donors (Lipinski definition) is 1. The van der Waals surface area contributed by atoms with E-state index in [9.17, 15) is 9.59 Å². The lowest BCUT2D eigenvalue weighted by Crippen LogP contribution is -2.31. The van der Waals surface area contributed by atoms with Gasteiger partial charge in [0.25, 0.3) is 5.91 Å². The molecule has 3 rings (SSSR count). The van der Waals surface area contributed by atoms with E-state index in [4.69, 9.17) is 4.74 Å². The number of rotatable bonds is 8. The number of nitrogens with zero attached hydrogens (tertiary/aromatic N) is 1. The first-order chi connectivity index (χ1) is 14.1. The van der Waals surface area contributed by atoms with Crippen LogP contribution >= 0.6 is 0 Å². The fourth-order valence-corrected chi connectivity index (χ4v) is 3.13. The summed E-state index contributed by atoms with van der Waals surface area (Å²) in [6.45, 7) is 3.39. The van der Waals surface area contributed by atoms with Crippen LogP contribution in [0, 0.1) is 0 Å². The molecule has 0 fully saturated rings.